The molecule has 1 aromatic rings. The number of carbonyl (C=O) groups excluding carboxylic acids is 2. The number of ketones is 1. The summed E-state index contributed by atoms with van der Waals surface area (Å²) in [6.07, 6.45) is 0.899. The van der Waals surface area contributed by atoms with Crippen molar-refractivity contribution in [3.8, 4) is 0 Å². The number of carbonyl (C=O) groups is 2. The molecule has 0 aliphatic heterocycles. The fraction of sp³-hybridized carbons (Fsp3) is 0.500. The van der Waals surface area contributed by atoms with Crippen LogP contribution in [-0.2, 0) is 20.7 Å². The molecule has 1 aromatic heterocycles. The minimum absolute atomic E-state index is 0.0959. The third-order valence-corrected chi connectivity index (χ3v) is 3.26. The van der Waals surface area contributed by atoms with E-state index in [9.17, 15) is 9.59 Å². The highest BCUT2D eigenvalue weighted by Crippen LogP contribution is 2.17. The number of Topliss-reactive ketones (excluding diaryl/α,β-unsaturated/α-hetero) is 1. The lowest BCUT2D eigenvalue weighted by molar-refractivity contribution is -0.144. The third-order valence-electron chi connectivity index (χ3n) is 2.24. The first-order chi connectivity index (χ1) is 7.63. The SMILES string of the molecule is CCOC(=O)CCC(=O)Cc1sccc1C. The summed E-state index contributed by atoms with van der Waals surface area (Å²) in [5.74, 6) is -0.197. The molecule has 0 fully saturated rings. The van der Waals surface area contributed by atoms with E-state index in [1.165, 1.54) is 0 Å². The molecule has 0 bridgehead atoms. The van der Waals surface area contributed by atoms with Gasteiger partial charge in [0.2, 0.25) is 0 Å². The van der Waals surface area contributed by atoms with Crippen LogP contribution in [0.25, 0.3) is 0 Å². The van der Waals surface area contributed by atoms with Crippen molar-refractivity contribution < 1.29 is 14.3 Å². The molecule has 0 radical (unpaired) electrons. The molecule has 0 aromatic carbocycles. The second kappa shape index (κ2) is 6.43. The average Bonchev–Trinajstić information content (AvgIpc) is 2.62. The molecule has 1 heterocycles. The van der Waals surface area contributed by atoms with E-state index >= 15 is 0 Å². The van der Waals surface area contributed by atoms with Crippen molar-refractivity contribution in [2.75, 3.05) is 6.61 Å². The number of hydrogen-bond acceptors (Lipinski definition) is 4. The van der Waals surface area contributed by atoms with Crippen LogP contribution in [0.15, 0.2) is 11.4 Å². The Morgan fingerprint density at radius 1 is 1.38 bits per heavy atom. The highest BCUT2D eigenvalue weighted by atomic mass is 32.1. The van der Waals surface area contributed by atoms with Crippen LogP contribution in [0.2, 0.25) is 0 Å². The molecule has 0 aliphatic rings. The largest absolute Gasteiger partial charge is 0.466 e. The van der Waals surface area contributed by atoms with E-state index in [0.29, 0.717) is 13.0 Å². The minimum atomic E-state index is -0.293. The molecule has 0 N–H and O–H groups in total. The first kappa shape index (κ1) is 12.9. The van der Waals surface area contributed by atoms with Crippen molar-refractivity contribution in [1.82, 2.24) is 0 Å². The first-order valence-electron chi connectivity index (χ1n) is 5.33. The highest BCUT2D eigenvalue weighted by Gasteiger charge is 2.10. The van der Waals surface area contributed by atoms with Crippen molar-refractivity contribution >= 4 is 23.1 Å². The van der Waals surface area contributed by atoms with Crippen molar-refractivity contribution in [2.24, 2.45) is 0 Å². The predicted molar refractivity (Wildman–Crippen MR) is 63.6 cm³/mol. The molecule has 0 aliphatic carbocycles. The Kier molecular flexibility index (Phi) is 5.19. The van der Waals surface area contributed by atoms with Gasteiger partial charge in [0, 0.05) is 17.7 Å². The molecule has 3 nitrogen and oxygen atoms in total. The van der Waals surface area contributed by atoms with E-state index < -0.39 is 0 Å². The summed E-state index contributed by atoms with van der Waals surface area (Å²) in [5, 5.41) is 1.98. The Balaban J connectivity index is 2.32. The van der Waals surface area contributed by atoms with Crippen LogP contribution in [0.5, 0.6) is 0 Å². The zero-order valence-electron chi connectivity index (χ0n) is 9.62. The molecule has 16 heavy (non-hydrogen) atoms. The zero-order chi connectivity index (χ0) is 12.0. The van der Waals surface area contributed by atoms with Gasteiger partial charge in [-0.05, 0) is 30.9 Å². The van der Waals surface area contributed by atoms with Crippen LogP contribution in [0.1, 0.15) is 30.2 Å². The predicted octanol–water partition coefficient (Wildman–Crippen LogP) is 2.51. The maximum absolute atomic E-state index is 11.6. The van der Waals surface area contributed by atoms with Crippen molar-refractivity contribution in [1.29, 1.82) is 0 Å². The highest BCUT2D eigenvalue weighted by molar-refractivity contribution is 7.10. The lowest BCUT2D eigenvalue weighted by Crippen LogP contribution is -2.09. The van der Waals surface area contributed by atoms with Gasteiger partial charge in [-0.25, -0.2) is 0 Å². The summed E-state index contributed by atoms with van der Waals surface area (Å²) in [5.41, 5.74) is 1.15. The quantitative estimate of drug-likeness (QED) is 0.718. The topological polar surface area (TPSA) is 43.4 Å². The lowest BCUT2D eigenvalue weighted by Gasteiger charge is -2.01. The Morgan fingerprint density at radius 2 is 2.12 bits per heavy atom. The molecule has 0 amide bonds. The number of hydrogen-bond donors (Lipinski definition) is 0. The van der Waals surface area contributed by atoms with E-state index in [2.05, 4.69) is 0 Å². The number of esters is 1. The average molecular weight is 240 g/mol. The van der Waals surface area contributed by atoms with Crippen molar-refractivity contribution in [3.05, 3.63) is 21.9 Å². The van der Waals surface area contributed by atoms with E-state index in [1.807, 2.05) is 18.4 Å². The molecule has 0 unspecified atom stereocenters. The van der Waals surface area contributed by atoms with E-state index in [0.717, 1.165) is 10.4 Å². The summed E-state index contributed by atoms with van der Waals surface area (Å²) < 4.78 is 4.76. The molecule has 4 heteroatoms. The number of rotatable bonds is 6. The van der Waals surface area contributed by atoms with Crippen LogP contribution in [-0.4, -0.2) is 18.4 Å². The summed E-state index contributed by atoms with van der Waals surface area (Å²) in [7, 11) is 0. The number of ether oxygens (including phenoxy) is 1. The molecule has 0 atom stereocenters. The van der Waals surface area contributed by atoms with Crippen LogP contribution in [0.3, 0.4) is 0 Å². The Bertz CT molecular complexity index is 368. The second-order valence-corrected chi connectivity index (χ2v) is 4.55. The van der Waals surface area contributed by atoms with Crippen LogP contribution >= 0.6 is 11.3 Å². The Hall–Kier alpha value is -1.16. The zero-order valence-corrected chi connectivity index (χ0v) is 10.4. The molecular weight excluding hydrogens is 224 g/mol. The molecule has 88 valence electrons. The van der Waals surface area contributed by atoms with Gasteiger partial charge in [0.15, 0.2) is 0 Å². The van der Waals surface area contributed by atoms with Gasteiger partial charge in [-0.2, -0.15) is 0 Å². The molecule has 0 saturated carbocycles. The second-order valence-electron chi connectivity index (χ2n) is 3.55. The fourth-order valence-corrected chi connectivity index (χ4v) is 2.26. The minimum Gasteiger partial charge on any atom is -0.466 e. The molecular formula is C12H16O3S. The van der Waals surface area contributed by atoms with Gasteiger partial charge in [-0.3, -0.25) is 9.59 Å². The Morgan fingerprint density at radius 3 is 2.69 bits per heavy atom. The van der Waals surface area contributed by atoms with Crippen molar-refractivity contribution in [3.63, 3.8) is 0 Å². The molecule has 1 rings (SSSR count). The fourth-order valence-electron chi connectivity index (χ4n) is 1.33. The Labute approximate surface area is 99.4 Å². The smallest absolute Gasteiger partial charge is 0.306 e. The maximum atomic E-state index is 11.6. The van der Waals surface area contributed by atoms with Gasteiger partial charge < -0.3 is 4.74 Å². The van der Waals surface area contributed by atoms with Crippen molar-refractivity contribution in [2.45, 2.75) is 33.1 Å². The van der Waals surface area contributed by atoms with Gasteiger partial charge in [0.25, 0.3) is 0 Å². The summed E-state index contributed by atoms with van der Waals surface area (Å²) in [6, 6.07) is 2.00. The summed E-state index contributed by atoms with van der Waals surface area (Å²) in [6.45, 7) is 4.12. The van der Waals surface area contributed by atoms with Gasteiger partial charge in [0.1, 0.15) is 5.78 Å². The van der Waals surface area contributed by atoms with E-state index in [4.69, 9.17) is 4.74 Å². The molecule has 0 saturated heterocycles. The number of thiophene rings is 1. The standard InChI is InChI=1S/C12H16O3S/c1-3-15-12(14)5-4-10(13)8-11-9(2)6-7-16-11/h6-7H,3-5,8H2,1-2H3. The van der Waals surface area contributed by atoms with Crippen LogP contribution < -0.4 is 0 Å². The first-order valence-corrected chi connectivity index (χ1v) is 6.21. The summed E-state index contributed by atoms with van der Waals surface area (Å²) in [4.78, 5) is 23.7. The maximum Gasteiger partial charge on any atom is 0.306 e. The third kappa shape index (κ3) is 4.14. The lowest BCUT2D eigenvalue weighted by atomic mass is 10.1. The van der Waals surface area contributed by atoms with Crippen LogP contribution in [0, 0.1) is 6.92 Å². The van der Waals surface area contributed by atoms with Gasteiger partial charge >= 0.3 is 5.97 Å². The monoisotopic (exact) mass is 240 g/mol. The van der Waals surface area contributed by atoms with Crippen LogP contribution in [0.4, 0.5) is 0 Å². The van der Waals surface area contributed by atoms with Gasteiger partial charge in [-0.15, -0.1) is 11.3 Å². The number of aryl methyl sites for hydroxylation is 1. The van der Waals surface area contributed by atoms with Gasteiger partial charge in [0.05, 0.1) is 13.0 Å². The van der Waals surface area contributed by atoms with E-state index in [-0.39, 0.29) is 24.6 Å². The van der Waals surface area contributed by atoms with E-state index in [1.54, 1.807) is 18.3 Å². The summed E-state index contributed by atoms with van der Waals surface area (Å²) >= 11 is 1.59. The molecule has 0 spiro atoms. The normalized spacial score (nSPS) is 10.1. The van der Waals surface area contributed by atoms with Gasteiger partial charge in [-0.1, -0.05) is 0 Å².